The van der Waals surface area contributed by atoms with Gasteiger partial charge in [-0.1, -0.05) is 6.08 Å². The SMILES string of the molecule is C=CCCCOCC(=O)N(C(C)C)C(C)C. The summed E-state index contributed by atoms with van der Waals surface area (Å²) in [5.41, 5.74) is 0. The first-order chi connectivity index (χ1) is 7.50. The summed E-state index contributed by atoms with van der Waals surface area (Å²) >= 11 is 0. The van der Waals surface area contributed by atoms with E-state index < -0.39 is 0 Å². The Balaban J connectivity index is 3.88. The van der Waals surface area contributed by atoms with Crippen molar-refractivity contribution in [3.8, 4) is 0 Å². The fourth-order valence-corrected chi connectivity index (χ4v) is 1.74. The Bertz CT molecular complexity index is 204. The molecule has 0 N–H and O–H groups in total. The van der Waals surface area contributed by atoms with Crippen LogP contribution in [0.5, 0.6) is 0 Å². The number of hydrogen-bond acceptors (Lipinski definition) is 2. The molecule has 0 radical (unpaired) electrons. The summed E-state index contributed by atoms with van der Waals surface area (Å²) in [7, 11) is 0. The number of carbonyl (C=O) groups is 1. The van der Waals surface area contributed by atoms with E-state index in [1.807, 2.05) is 38.7 Å². The van der Waals surface area contributed by atoms with E-state index in [1.54, 1.807) is 0 Å². The molecule has 0 aromatic carbocycles. The minimum Gasteiger partial charge on any atom is -0.372 e. The molecule has 0 aromatic rings. The molecular formula is C13H25NO2. The Morgan fingerprint density at radius 1 is 1.31 bits per heavy atom. The zero-order valence-electron chi connectivity index (χ0n) is 11.0. The number of ether oxygens (including phenoxy) is 1. The largest absolute Gasteiger partial charge is 0.372 e. The minimum atomic E-state index is 0.0728. The third-order valence-corrected chi connectivity index (χ3v) is 2.32. The molecule has 0 spiro atoms. The van der Waals surface area contributed by atoms with Crippen LogP contribution in [0.4, 0.5) is 0 Å². The highest BCUT2D eigenvalue weighted by atomic mass is 16.5. The monoisotopic (exact) mass is 227 g/mol. The van der Waals surface area contributed by atoms with E-state index in [1.165, 1.54) is 0 Å². The van der Waals surface area contributed by atoms with Gasteiger partial charge in [-0.3, -0.25) is 4.79 Å². The van der Waals surface area contributed by atoms with Gasteiger partial charge >= 0.3 is 0 Å². The smallest absolute Gasteiger partial charge is 0.249 e. The Hall–Kier alpha value is -0.830. The molecule has 0 saturated carbocycles. The van der Waals surface area contributed by atoms with Gasteiger partial charge in [0.05, 0.1) is 0 Å². The zero-order valence-corrected chi connectivity index (χ0v) is 11.0. The number of hydrogen-bond donors (Lipinski definition) is 0. The zero-order chi connectivity index (χ0) is 12.6. The first kappa shape index (κ1) is 15.2. The van der Waals surface area contributed by atoms with Crippen molar-refractivity contribution in [1.82, 2.24) is 4.90 Å². The Labute approximate surface area is 99.5 Å². The summed E-state index contributed by atoms with van der Waals surface area (Å²) in [5.74, 6) is 0.0728. The quantitative estimate of drug-likeness (QED) is 0.471. The standard InChI is InChI=1S/C13H25NO2/c1-6-7-8-9-16-10-13(15)14(11(2)3)12(4)5/h6,11-12H,1,7-10H2,2-5H3. The van der Waals surface area contributed by atoms with Crippen molar-refractivity contribution in [2.24, 2.45) is 0 Å². The van der Waals surface area contributed by atoms with E-state index in [9.17, 15) is 4.79 Å². The second-order valence-electron chi connectivity index (χ2n) is 4.47. The van der Waals surface area contributed by atoms with Crippen LogP contribution in [-0.2, 0) is 9.53 Å². The van der Waals surface area contributed by atoms with Crippen molar-refractivity contribution in [2.45, 2.75) is 52.6 Å². The van der Waals surface area contributed by atoms with Crippen molar-refractivity contribution < 1.29 is 9.53 Å². The van der Waals surface area contributed by atoms with Crippen molar-refractivity contribution in [3.63, 3.8) is 0 Å². The van der Waals surface area contributed by atoms with Crippen LogP contribution in [0.15, 0.2) is 12.7 Å². The lowest BCUT2D eigenvalue weighted by Crippen LogP contribution is -2.44. The fraction of sp³-hybridized carbons (Fsp3) is 0.769. The van der Waals surface area contributed by atoms with Crippen LogP contribution < -0.4 is 0 Å². The molecule has 0 aliphatic rings. The van der Waals surface area contributed by atoms with Gasteiger partial charge in [0.1, 0.15) is 6.61 Å². The molecule has 94 valence electrons. The summed E-state index contributed by atoms with van der Waals surface area (Å²) in [6.45, 7) is 12.5. The van der Waals surface area contributed by atoms with Gasteiger partial charge in [-0.2, -0.15) is 0 Å². The van der Waals surface area contributed by atoms with E-state index in [-0.39, 0.29) is 24.6 Å². The van der Waals surface area contributed by atoms with Crippen LogP contribution in [0, 0.1) is 0 Å². The fourth-order valence-electron chi connectivity index (χ4n) is 1.74. The van der Waals surface area contributed by atoms with Crippen LogP contribution >= 0.6 is 0 Å². The predicted molar refractivity (Wildman–Crippen MR) is 67.4 cm³/mol. The molecule has 0 saturated heterocycles. The van der Waals surface area contributed by atoms with E-state index >= 15 is 0 Å². The van der Waals surface area contributed by atoms with Crippen LogP contribution in [0.3, 0.4) is 0 Å². The molecule has 0 atom stereocenters. The highest BCUT2D eigenvalue weighted by Crippen LogP contribution is 2.05. The number of allylic oxidation sites excluding steroid dienone is 1. The Kier molecular flexibility index (Phi) is 7.90. The first-order valence-electron chi connectivity index (χ1n) is 6.00. The first-order valence-corrected chi connectivity index (χ1v) is 6.00. The molecule has 16 heavy (non-hydrogen) atoms. The number of rotatable bonds is 8. The van der Waals surface area contributed by atoms with Gasteiger partial charge < -0.3 is 9.64 Å². The molecule has 0 aliphatic carbocycles. The van der Waals surface area contributed by atoms with Crippen molar-refractivity contribution in [1.29, 1.82) is 0 Å². The topological polar surface area (TPSA) is 29.5 Å². The van der Waals surface area contributed by atoms with Crippen LogP contribution in [-0.4, -0.2) is 36.1 Å². The summed E-state index contributed by atoms with van der Waals surface area (Å²) in [4.78, 5) is 13.7. The third kappa shape index (κ3) is 5.91. The van der Waals surface area contributed by atoms with Crippen LogP contribution in [0.2, 0.25) is 0 Å². The van der Waals surface area contributed by atoms with Crippen molar-refractivity contribution in [3.05, 3.63) is 12.7 Å². The molecule has 0 aliphatic heterocycles. The van der Waals surface area contributed by atoms with Gasteiger partial charge in [-0.05, 0) is 40.5 Å². The molecule has 0 aromatic heterocycles. The maximum absolute atomic E-state index is 11.8. The molecule has 3 heteroatoms. The maximum atomic E-state index is 11.8. The number of nitrogens with zero attached hydrogens (tertiary/aromatic N) is 1. The van der Waals surface area contributed by atoms with Crippen LogP contribution in [0.25, 0.3) is 0 Å². The maximum Gasteiger partial charge on any atom is 0.249 e. The van der Waals surface area contributed by atoms with Gasteiger partial charge in [0.15, 0.2) is 0 Å². The molecule has 0 bridgehead atoms. The van der Waals surface area contributed by atoms with Crippen molar-refractivity contribution >= 4 is 5.91 Å². The lowest BCUT2D eigenvalue weighted by molar-refractivity contribution is -0.139. The van der Waals surface area contributed by atoms with Crippen molar-refractivity contribution in [2.75, 3.05) is 13.2 Å². The lowest BCUT2D eigenvalue weighted by atomic mass is 10.2. The molecule has 0 heterocycles. The Morgan fingerprint density at radius 3 is 2.31 bits per heavy atom. The highest BCUT2D eigenvalue weighted by Gasteiger charge is 2.19. The summed E-state index contributed by atoms with van der Waals surface area (Å²) in [5, 5.41) is 0. The number of amides is 1. The summed E-state index contributed by atoms with van der Waals surface area (Å²) < 4.78 is 5.34. The van der Waals surface area contributed by atoms with E-state index in [0.717, 1.165) is 12.8 Å². The average Bonchev–Trinajstić information content (AvgIpc) is 2.16. The second kappa shape index (κ2) is 8.34. The molecule has 0 unspecified atom stereocenters. The van der Waals surface area contributed by atoms with E-state index in [4.69, 9.17) is 4.74 Å². The Morgan fingerprint density at radius 2 is 1.88 bits per heavy atom. The van der Waals surface area contributed by atoms with Gasteiger partial charge in [0.2, 0.25) is 5.91 Å². The average molecular weight is 227 g/mol. The molecule has 0 rings (SSSR count). The molecule has 0 fully saturated rings. The molecule has 1 amide bonds. The van der Waals surface area contributed by atoms with E-state index in [0.29, 0.717) is 6.61 Å². The normalized spacial score (nSPS) is 10.9. The van der Waals surface area contributed by atoms with E-state index in [2.05, 4.69) is 6.58 Å². The second-order valence-corrected chi connectivity index (χ2v) is 4.47. The molecule has 3 nitrogen and oxygen atoms in total. The summed E-state index contributed by atoms with van der Waals surface area (Å²) in [6.07, 6.45) is 3.73. The number of unbranched alkanes of at least 4 members (excludes halogenated alkanes) is 1. The van der Waals surface area contributed by atoms with Gasteiger partial charge in [0, 0.05) is 18.7 Å². The molecular weight excluding hydrogens is 202 g/mol. The highest BCUT2D eigenvalue weighted by molar-refractivity contribution is 5.78. The van der Waals surface area contributed by atoms with Gasteiger partial charge in [-0.25, -0.2) is 0 Å². The van der Waals surface area contributed by atoms with Crippen LogP contribution in [0.1, 0.15) is 40.5 Å². The minimum absolute atomic E-state index is 0.0728. The van der Waals surface area contributed by atoms with Gasteiger partial charge in [0.25, 0.3) is 0 Å². The third-order valence-electron chi connectivity index (χ3n) is 2.32. The lowest BCUT2D eigenvalue weighted by Gasteiger charge is -2.30. The van der Waals surface area contributed by atoms with Gasteiger partial charge in [-0.15, -0.1) is 6.58 Å². The predicted octanol–water partition coefficient (Wildman–Crippen LogP) is 2.61. The summed E-state index contributed by atoms with van der Waals surface area (Å²) in [6, 6.07) is 0.452. The number of carbonyl (C=O) groups excluding carboxylic acids is 1.